The number of thiazole rings is 1. The molecule has 24 heavy (non-hydrogen) atoms. The van der Waals surface area contributed by atoms with E-state index >= 15 is 0 Å². The fraction of sp³-hybridized carbons (Fsp3) is 0.444. The van der Waals surface area contributed by atoms with Gasteiger partial charge in [0.25, 0.3) is 0 Å². The van der Waals surface area contributed by atoms with E-state index in [1.165, 1.54) is 0 Å². The van der Waals surface area contributed by atoms with Crippen LogP contribution < -0.4 is 10.6 Å². The number of methoxy groups -OCH3 is 1. The molecule has 1 atom stereocenters. The number of aromatic nitrogens is 1. The molecule has 1 aromatic carbocycles. The molecule has 1 unspecified atom stereocenters. The SMILES string of the molecule is CN=C(NCc1nc(C(C)C)cs1)NCC(OC)c1ccccc1. The van der Waals surface area contributed by atoms with Gasteiger partial charge >= 0.3 is 0 Å². The van der Waals surface area contributed by atoms with Crippen LogP contribution >= 0.6 is 11.3 Å². The second-order valence-corrected chi connectivity index (χ2v) is 6.71. The number of nitrogens with one attached hydrogen (secondary N) is 2. The molecular formula is C18H26N4OS. The van der Waals surface area contributed by atoms with Crippen molar-refractivity contribution >= 4 is 17.3 Å². The van der Waals surface area contributed by atoms with Crippen LogP contribution in [0.3, 0.4) is 0 Å². The van der Waals surface area contributed by atoms with Gasteiger partial charge in [-0.05, 0) is 11.5 Å². The van der Waals surface area contributed by atoms with Gasteiger partial charge in [0, 0.05) is 26.1 Å². The Labute approximate surface area is 148 Å². The molecule has 0 radical (unpaired) electrons. The smallest absolute Gasteiger partial charge is 0.191 e. The van der Waals surface area contributed by atoms with Crippen LogP contribution in [0.5, 0.6) is 0 Å². The minimum Gasteiger partial charge on any atom is -0.375 e. The molecule has 2 N–H and O–H groups in total. The summed E-state index contributed by atoms with van der Waals surface area (Å²) in [7, 11) is 3.49. The van der Waals surface area contributed by atoms with Crippen molar-refractivity contribution in [1.82, 2.24) is 15.6 Å². The predicted octanol–water partition coefficient (Wildman–Crippen LogP) is 3.32. The van der Waals surface area contributed by atoms with Gasteiger partial charge in [0.15, 0.2) is 5.96 Å². The molecule has 0 aliphatic heterocycles. The second-order valence-electron chi connectivity index (χ2n) is 5.76. The first-order chi connectivity index (χ1) is 11.6. The standard InChI is InChI=1S/C18H26N4OS/c1-13(2)15-12-24-17(22-15)11-21-18(19-3)20-10-16(23-4)14-8-6-5-7-9-14/h5-9,12-13,16H,10-11H2,1-4H3,(H2,19,20,21). The predicted molar refractivity (Wildman–Crippen MR) is 101 cm³/mol. The summed E-state index contributed by atoms with van der Waals surface area (Å²) in [5.74, 6) is 1.20. The van der Waals surface area contributed by atoms with Crippen LogP contribution in [-0.2, 0) is 11.3 Å². The third kappa shape index (κ3) is 5.32. The number of benzene rings is 1. The molecule has 0 bridgehead atoms. The Bertz CT molecular complexity index is 639. The van der Waals surface area contributed by atoms with Crippen LogP contribution in [0.2, 0.25) is 0 Å². The molecule has 0 amide bonds. The zero-order valence-corrected chi connectivity index (χ0v) is 15.6. The van der Waals surface area contributed by atoms with E-state index in [0.717, 1.165) is 22.2 Å². The minimum atomic E-state index is -0.0165. The molecule has 0 saturated carbocycles. The Morgan fingerprint density at radius 1 is 1.25 bits per heavy atom. The zero-order valence-electron chi connectivity index (χ0n) is 14.7. The molecule has 1 heterocycles. The number of rotatable bonds is 7. The number of aliphatic imine (C=N–C) groups is 1. The molecule has 0 saturated heterocycles. The van der Waals surface area contributed by atoms with Gasteiger partial charge in [-0.25, -0.2) is 4.98 Å². The van der Waals surface area contributed by atoms with E-state index < -0.39 is 0 Å². The zero-order chi connectivity index (χ0) is 17.4. The lowest BCUT2D eigenvalue weighted by atomic mass is 10.1. The molecule has 130 valence electrons. The average molecular weight is 347 g/mol. The van der Waals surface area contributed by atoms with Gasteiger partial charge in [0.2, 0.25) is 0 Å². The summed E-state index contributed by atoms with van der Waals surface area (Å²) >= 11 is 1.68. The van der Waals surface area contributed by atoms with Gasteiger partial charge in [-0.3, -0.25) is 4.99 Å². The fourth-order valence-electron chi connectivity index (χ4n) is 2.25. The monoisotopic (exact) mass is 346 g/mol. The fourth-order valence-corrected chi connectivity index (χ4v) is 3.14. The van der Waals surface area contributed by atoms with E-state index in [1.54, 1.807) is 25.5 Å². The summed E-state index contributed by atoms with van der Waals surface area (Å²) in [5.41, 5.74) is 2.28. The minimum absolute atomic E-state index is 0.0165. The summed E-state index contributed by atoms with van der Waals surface area (Å²) in [6.45, 7) is 5.62. The van der Waals surface area contributed by atoms with Gasteiger partial charge in [-0.15, -0.1) is 11.3 Å². The molecule has 0 fully saturated rings. The van der Waals surface area contributed by atoms with Crippen molar-refractivity contribution in [2.24, 2.45) is 4.99 Å². The lowest BCUT2D eigenvalue weighted by molar-refractivity contribution is 0.106. The first-order valence-electron chi connectivity index (χ1n) is 8.10. The van der Waals surface area contributed by atoms with Crippen LogP contribution in [0.15, 0.2) is 40.7 Å². The van der Waals surface area contributed by atoms with E-state index in [1.807, 2.05) is 18.2 Å². The van der Waals surface area contributed by atoms with Crippen molar-refractivity contribution in [1.29, 1.82) is 0 Å². The first-order valence-corrected chi connectivity index (χ1v) is 8.98. The Hall–Kier alpha value is -1.92. The highest BCUT2D eigenvalue weighted by Crippen LogP contribution is 2.17. The van der Waals surface area contributed by atoms with Crippen LogP contribution in [0.4, 0.5) is 0 Å². The number of nitrogens with zero attached hydrogens (tertiary/aromatic N) is 2. The molecule has 1 aromatic heterocycles. The lowest BCUT2D eigenvalue weighted by Gasteiger charge is -2.18. The van der Waals surface area contributed by atoms with Gasteiger partial charge in [0.05, 0.1) is 18.3 Å². The molecule has 0 aliphatic carbocycles. The van der Waals surface area contributed by atoms with E-state index in [2.05, 4.69) is 52.0 Å². The van der Waals surface area contributed by atoms with E-state index in [0.29, 0.717) is 19.0 Å². The molecule has 2 aromatic rings. The molecule has 0 aliphatic rings. The quantitative estimate of drug-likeness (QED) is 0.596. The van der Waals surface area contributed by atoms with Crippen molar-refractivity contribution < 1.29 is 4.74 Å². The average Bonchev–Trinajstić information content (AvgIpc) is 3.08. The van der Waals surface area contributed by atoms with Gasteiger partial charge in [0.1, 0.15) is 5.01 Å². The van der Waals surface area contributed by atoms with Gasteiger partial charge < -0.3 is 15.4 Å². The van der Waals surface area contributed by atoms with Crippen molar-refractivity contribution in [3.8, 4) is 0 Å². The maximum atomic E-state index is 5.57. The largest absolute Gasteiger partial charge is 0.375 e. The highest BCUT2D eigenvalue weighted by Gasteiger charge is 2.11. The molecule has 5 nitrogen and oxygen atoms in total. The topological polar surface area (TPSA) is 58.5 Å². The summed E-state index contributed by atoms with van der Waals surface area (Å²) in [5, 5.41) is 9.79. The third-order valence-corrected chi connectivity index (χ3v) is 4.57. The number of hydrogen-bond donors (Lipinski definition) is 2. The highest BCUT2D eigenvalue weighted by molar-refractivity contribution is 7.09. The van der Waals surface area contributed by atoms with Crippen LogP contribution in [0.25, 0.3) is 0 Å². The van der Waals surface area contributed by atoms with Crippen LogP contribution in [-0.4, -0.2) is 31.6 Å². The lowest BCUT2D eigenvalue weighted by Crippen LogP contribution is -2.39. The van der Waals surface area contributed by atoms with Crippen molar-refractivity contribution in [2.75, 3.05) is 20.7 Å². The highest BCUT2D eigenvalue weighted by atomic mass is 32.1. The normalized spacial score (nSPS) is 13.1. The Morgan fingerprint density at radius 3 is 2.58 bits per heavy atom. The summed E-state index contributed by atoms with van der Waals surface area (Å²) in [6.07, 6.45) is -0.0165. The van der Waals surface area contributed by atoms with Crippen LogP contribution in [0, 0.1) is 0 Å². The van der Waals surface area contributed by atoms with Crippen molar-refractivity contribution in [2.45, 2.75) is 32.4 Å². The maximum Gasteiger partial charge on any atom is 0.191 e. The number of guanidine groups is 1. The number of hydrogen-bond acceptors (Lipinski definition) is 4. The van der Waals surface area contributed by atoms with Crippen molar-refractivity contribution in [3.63, 3.8) is 0 Å². The molecule has 6 heteroatoms. The second kappa shape index (κ2) is 9.39. The van der Waals surface area contributed by atoms with E-state index in [4.69, 9.17) is 4.74 Å². The summed E-state index contributed by atoms with van der Waals surface area (Å²) in [6, 6.07) is 10.2. The van der Waals surface area contributed by atoms with Crippen LogP contribution in [0.1, 0.15) is 42.1 Å². The molecular weight excluding hydrogens is 320 g/mol. The Balaban J connectivity index is 1.85. The Kier molecular flexibility index (Phi) is 7.21. The summed E-state index contributed by atoms with van der Waals surface area (Å²) in [4.78, 5) is 8.88. The van der Waals surface area contributed by atoms with Gasteiger partial charge in [-0.1, -0.05) is 44.2 Å². The first kappa shape index (κ1) is 18.4. The number of ether oxygens (including phenoxy) is 1. The van der Waals surface area contributed by atoms with Gasteiger partial charge in [-0.2, -0.15) is 0 Å². The molecule has 0 spiro atoms. The van der Waals surface area contributed by atoms with E-state index in [-0.39, 0.29) is 6.10 Å². The summed E-state index contributed by atoms with van der Waals surface area (Å²) < 4.78 is 5.57. The maximum absolute atomic E-state index is 5.57. The van der Waals surface area contributed by atoms with Crippen molar-refractivity contribution in [3.05, 3.63) is 52.0 Å². The van der Waals surface area contributed by atoms with E-state index in [9.17, 15) is 0 Å². The third-order valence-electron chi connectivity index (χ3n) is 3.70. The molecule has 2 rings (SSSR count). The Morgan fingerprint density at radius 2 is 2.00 bits per heavy atom.